The molecule has 3 aromatic heterocycles. The van der Waals surface area contributed by atoms with Gasteiger partial charge in [-0.25, -0.2) is 4.98 Å². The minimum Gasteiger partial charge on any atom is -0.495 e. The Morgan fingerprint density at radius 3 is 2.67 bits per heavy atom. The first-order valence-electron chi connectivity index (χ1n) is 11.9. The Balaban J connectivity index is 1.30. The number of hydrogen-bond donors (Lipinski definition) is 2. The number of nitrogens with one attached hydrogen (secondary N) is 2. The van der Waals surface area contributed by atoms with E-state index in [4.69, 9.17) is 13.9 Å². The van der Waals surface area contributed by atoms with Crippen LogP contribution < -0.4 is 15.4 Å². The Bertz CT molecular complexity index is 1270. The Morgan fingerprint density at radius 1 is 1.11 bits per heavy atom. The van der Waals surface area contributed by atoms with Crippen LogP contribution >= 0.6 is 0 Å². The Morgan fingerprint density at radius 2 is 1.94 bits per heavy atom. The molecule has 0 aromatic carbocycles. The Kier molecular flexibility index (Phi) is 6.81. The third kappa shape index (κ3) is 4.87. The second kappa shape index (κ2) is 10.3. The highest BCUT2D eigenvalue weighted by molar-refractivity contribution is 6.13. The lowest BCUT2D eigenvalue weighted by Gasteiger charge is -2.38. The summed E-state index contributed by atoms with van der Waals surface area (Å²) in [6.07, 6.45) is 5.82. The van der Waals surface area contributed by atoms with Gasteiger partial charge in [0.25, 0.3) is 5.91 Å². The molecule has 0 spiro atoms. The number of nitrogens with zero attached hydrogens (tertiary/aromatic N) is 3. The minimum atomic E-state index is -0.560. The molecule has 2 aliphatic rings. The highest BCUT2D eigenvalue weighted by Crippen LogP contribution is 2.33. The molecule has 1 saturated heterocycles. The van der Waals surface area contributed by atoms with Gasteiger partial charge < -0.3 is 29.4 Å². The van der Waals surface area contributed by atoms with E-state index < -0.39 is 5.91 Å². The lowest BCUT2D eigenvalue weighted by Crippen LogP contribution is -2.49. The average molecular weight is 494 g/mol. The molecule has 188 valence electrons. The highest BCUT2D eigenvalue weighted by Gasteiger charge is 2.34. The van der Waals surface area contributed by atoms with Crippen LogP contribution in [0.3, 0.4) is 0 Å². The third-order valence-electron chi connectivity index (χ3n) is 6.65. The third-order valence-corrected chi connectivity index (χ3v) is 6.65. The van der Waals surface area contributed by atoms with Gasteiger partial charge in [-0.2, -0.15) is 0 Å². The monoisotopic (exact) mass is 493 g/mol. The van der Waals surface area contributed by atoms with Crippen LogP contribution in [0.5, 0.6) is 5.75 Å². The summed E-state index contributed by atoms with van der Waals surface area (Å²) >= 11 is 0. The first kappa shape index (κ1) is 23.7. The summed E-state index contributed by atoms with van der Waals surface area (Å²) in [5.74, 6) is -0.189. The topological polar surface area (TPSA) is 136 Å². The molecular formula is C25H27N5O6. The van der Waals surface area contributed by atoms with Crippen molar-refractivity contribution in [3.05, 3.63) is 42.4 Å². The molecule has 3 aromatic rings. The largest absolute Gasteiger partial charge is 0.495 e. The van der Waals surface area contributed by atoms with Crippen molar-refractivity contribution in [3.8, 4) is 5.75 Å². The summed E-state index contributed by atoms with van der Waals surface area (Å²) in [7, 11) is 1.53. The Labute approximate surface area is 207 Å². The first-order chi connectivity index (χ1) is 17.5. The van der Waals surface area contributed by atoms with Gasteiger partial charge in [-0.05, 0) is 49.9 Å². The van der Waals surface area contributed by atoms with E-state index in [1.165, 1.54) is 13.3 Å². The van der Waals surface area contributed by atoms with E-state index in [0.717, 1.165) is 12.8 Å². The smallest absolute Gasteiger partial charge is 0.294 e. The van der Waals surface area contributed by atoms with Crippen molar-refractivity contribution < 1.29 is 28.3 Å². The lowest BCUT2D eigenvalue weighted by atomic mass is 9.84. The molecule has 0 atom stereocenters. The summed E-state index contributed by atoms with van der Waals surface area (Å²) in [6.45, 7) is 1.26. The predicted molar refractivity (Wildman–Crippen MR) is 130 cm³/mol. The summed E-state index contributed by atoms with van der Waals surface area (Å²) in [5.41, 5.74) is 1.01. The van der Waals surface area contributed by atoms with Crippen molar-refractivity contribution in [3.63, 3.8) is 0 Å². The fraction of sp³-hybridized carbons (Fsp3) is 0.400. The molecular weight excluding hydrogens is 466 g/mol. The zero-order valence-electron chi connectivity index (χ0n) is 19.9. The van der Waals surface area contributed by atoms with Gasteiger partial charge in [0.1, 0.15) is 29.4 Å². The van der Waals surface area contributed by atoms with Gasteiger partial charge in [-0.3, -0.25) is 19.4 Å². The molecule has 3 amide bonds. The van der Waals surface area contributed by atoms with Crippen molar-refractivity contribution in [2.75, 3.05) is 37.5 Å². The number of carbonyl (C=O) groups is 3. The number of ether oxygens (including phenoxy) is 2. The standard InChI is InChI=1S/C25H27N5O6/c1-34-17-8-9-19(27-13-17)28-25(33)23-22(21-18(36-23)3-2-10-26-21)29-24(32)15-4-6-16(7-5-15)30-11-12-35-14-20(30)31/h2-3,8-10,13,15-16H,4-7,11-12,14H2,1H3,(H,29,32)(H,27,28,33). The van der Waals surface area contributed by atoms with Crippen LogP contribution in [0.25, 0.3) is 11.1 Å². The maximum atomic E-state index is 13.2. The summed E-state index contributed by atoms with van der Waals surface area (Å²) in [6, 6.07) is 6.78. The zero-order valence-corrected chi connectivity index (χ0v) is 19.9. The van der Waals surface area contributed by atoms with Gasteiger partial charge in [-0.1, -0.05) is 0 Å². The molecule has 2 N–H and O–H groups in total. The summed E-state index contributed by atoms with van der Waals surface area (Å²) < 4.78 is 16.1. The van der Waals surface area contributed by atoms with Gasteiger partial charge in [-0.15, -0.1) is 0 Å². The maximum Gasteiger partial charge on any atom is 0.294 e. The van der Waals surface area contributed by atoms with Crippen molar-refractivity contribution in [1.82, 2.24) is 14.9 Å². The number of hydrogen-bond acceptors (Lipinski definition) is 8. The van der Waals surface area contributed by atoms with E-state index in [-0.39, 0.29) is 41.8 Å². The number of methoxy groups -OCH3 is 1. The molecule has 4 heterocycles. The van der Waals surface area contributed by atoms with E-state index >= 15 is 0 Å². The van der Waals surface area contributed by atoms with Crippen LogP contribution in [0.15, 0.2) is 41.1 Å². The number of carbonyl (C=O) groups excluding carboxylic acids is 3. The van der Waals surface area contributed by atoms with Crippen molar-refractivity contribution in [2.45, 2.75) is 31.7 Å². The van der Waals surface area contributed by atoms with E-state index in [1.807, 2.05) is 4.90 Å². The molecule has 11 heteroatoms. The van der Waals surface area contributed by atoms with Crippen LogP contribution in [0, 0.1) is 5.92 Å². The molecule has 0 radical (unpaired) electrons. The van der Waals surface area contributed by atoms with Crippen LogP contribution in [0.2, 0.25) is 0 Å². The predicted octanol–water partition coefficient (Wildman–Crippen LogP) is 2.84. The van der Waals surface area contributed by atoms with E-state index in [1.54, 1.807) is 30.5 Å². The Hall–Kier alpha value is -3.99. The average Bonchev–Trinajstić information content (AvgIpc) is 3.28. The van der Waals surface area contributed by atoms with Gasteiger partial charge in [0.15, 0.2) is 5.58 Å². The molecule has 1 saturated carbocycles. The number of anilines is 2. The number of furan rings is 1. The number of pyridine rings is 2. The van der Waals surface area contributed by atoms with E-state index in [2.05, 4.69) is 20.6 Å². The molecule has 2 fully saturated rings. The summed E-state index contributed by atoms with van der Waals surface area (Å²) in [5, 5.41) is 5.58. The van der Waals surface area contributed by atoms with Crippen LogP contribution in [-0.4, -0.2) is 65.5 Å². The summed E-state index contributed by atoms with van der Waals surface area (Å²) in [4.78, 5) is 48.8. The molecule has 0 unspecified atom stereocenters. The second-order valence-electron chi connectivity index (χ2n) is 8.83. The van der Waals surface area contributed by atoms with Gasteiger partial charge in [0.05, 0.1) is 19.9 Å². The molecule has 1 aliphatic heterocycles. The molecule has 36 heavy (non-hydrogen) atoms. The normalized spacial score (nSPS) is 20.2. The number of rotatable bonds is 6. The van der Waals surface area contributed by atoms with Crippen LogP contribution in [-0.2, 0) is 14.3 Å². The number of amides is 3. The van der Waals surface area contributed by atoms with Gasteiger partial charge in [0.2, 0.25) is 17.6 Å². The lowest BCUT2D eigenvalue weighted by molar-refractivity contribution is -0.146. The first-order valence-corrected chi connectivity index (χ1v) is 11.9. The van der Waals surface area contributed by atoms with E-state index in [9.17, 15) is 14.4 Å². The SMILES string of the molecule is COc1ccc(NC(=O)c2oc3cccnc3c2NC(=O)C2CCC(N3CCOCC3=O)CC2)nc1. The van der Waals surface area contributed by atoms with E-state index in [0.29, 0.717) is 48.7 Å². The van der Waals surface area contributed by atoms with Crippen molar-refractivity contribution in [1.29, 1.82) is 0 Å². The fourth-order valence-electron chi connectivity index (χ4n) is 4.74. The van der Waals surface area contributed by atoms with Crippen LogP contribution in [0.4, 0.5) is 11.5 Å². The molecule has 1 aliphatic carbocycles. The van der Waals surface area contributed by atoms with Gasteiger partial charge in [0, 0.05) is 24.7 Å². The van der Waals surface area contributed by atoms with Crippen LogP contribution in [0.1, 0.15) is 36.2 Å². The van der Waals surface area contributed by atoms with Crippen molar-refractivity contribution >= 4 is 40.3 Å². The minimum absolute atomic E-state index is 0.00657. The number of fused-ring (bicyclic) bond motifs is 1. The fourth-order valence-corrected chi connectivity index (χ4v) is 4.74. The number of morpholine rings is 1. The molecule has 0 bridgehead atoms. The quantitative estimate of drug-likeness (QED) is 0.535. The highest BCUT2D eigenvalue weighted by atomic mass is 16.5. The van der Waals surface area contributed by atoms with Crippen molar-refractivity contribution in [2.24, 2.45) is 5.92 Å². The van der Waals surface area contributed by atoms with Gasteiger partial charge >= 0.3 is 0 Å². The second-order valence-corrected chi connectivity index (χ2v) is 8.83. The molecule has 5 rings (SSSR count). The maximum absolute atomic E-state index is 13.2. The number of aromatic nitrogens is 2. The zero-order chi connectivity index (χ0) is 25.1. The molecule has 11 nitrogen and oxygen atoms in total.